The molecule has 0 rings (SSSR count). The maximum Gasteiger partial charge on any atom is 0.306 e. The van der Waals surface area contributed by atoms with Gasteiger partial charge in [-0.05, 0) is 94.7 Å². The molecule has 0 aromatic heterocycles. The van der Waals surface area contributed by atoms with E-state index in [1.165, 1.54) is 152 Å². The van der Waals surface area contributed by atoms with E-state index in [0.717, 1.165) is 83.5 Å². The molecule has 0 radical (unpaired) electrons. The second-order valence-electron chi connectivity index (χ2n) is 16.9. The Hall–Kier alpha value is -1.14. The lowest BCUT2D eigenvalue weighted by Gasteiger charge is -2.22. The Kier molecular flexibility index (Phi) is 44.5. The highest BCUT2D eigenvalue weighted by molar-refractivity contribution is 14.1. The largest absolute Gasteiger partial charge is 0.466 e. The summed E-state index contributed by atoms with van der Waals surface area (Å²) >= 11 is 2.47. The fourth-order valence-corrected chi connectivity index (χ4v) is 7.95. The van der Waals surface area contributed by atoms with Crippen LogP contribution < -0.4 is 5.48 Å². The van der Waals surface area contributed by atoms with E-state index in [0.29, 0.717) is 19.4 Å². The summed E-state index contributed by atoms with van der Waals surface area (Å²) in [5.74, 6) is 0.737. The summed E-state index contributed by atoms with van der Waals surface area (Å²) in [6.07, 6.45) is 38.1. The van der Waals surface area contributed by atoms with Crippen LogP contribution in [0.4, 0.5) is 0 Å². The second kappa shape index (κ2) is 45.4. The zero-order valence-corrected chi connectivity index (χ0v) is 41.1. The summed E-state index contributed by atoms with van der Waals surface area (Å²) in [6, 6.07) is 0. The highest BCUT2D eigenvalue weighted by Gasteiger charge is 2.14. The number of rotatable bonds is 44. The smallest absolute Gasteiger partial charge is 0.306 e. The van der Waals surface area contributed by atoms with Crippen molar-refractivity contribution in [1.29, 1.82) is 0 Å². The fraction of sp³-hybridized carbons (Fsp3) is 0.938. The lowest BCUT2D eigenvalue weighted by molar-refractivity contribution is -0.150. The molecule has 58 heavy (non-hydrogen) atoms. The zero-order chi connectivity index (χ0) is 42.6. The van der Waals surface area contributed by atoms with Gasteiger partial charge in [0.15, 0.2) is 0 Å². The Balaban J connectivity index is 4.50. The van der Waals surface area contributed by atoms with Crippen molar-refractivity contribution >= 4 is 40.5 Å². The standard InChI is InChI=1S/C48H95IN4O5/c1-6-8-10-12-14-25-33-44-57-46(54)37-28-20-16-23-31-41-53(43-34-40-50-48(51-56-5)52(3)4)42-32-24-17-21-29-38-47(55)58-45(35-26-18-13-11-9-7-2)36-27-19-15-22-30-39-49/h45H,6-44H2,1-5H3,(H,50,51). The SMILES string of the molecule is CCCCCCCCCOC(=O)CCCCCCCN(CCCCCCCC(=O)OC(CCCCCCCC)CCCCCCCI)CCCN=C(NOC)N(C)C. The van der Waals surface area contributed by atoms with E-state index < -0.39 is 0 Å². The van der Waals surface area contributed by atoms with Crippen molar-refractivity contribution in [3.8, 4) is 0 Å². The summed E-state index contributed by atoms with van der Waals surface area (Å²) in [7, 11) is 5.54. The zero-order valence-electron chi connectivity index (χ0n) is 38.9. The number of halogens is 1. The minimum Gasteiger partial charge on any atom is -0.466 e. The van der Waals surface area contributed by atoms with E-state index in [1.807, 2.05) is 19.0 Å². The van der Waals surface area contributed by atoms with Gasteiger partial charge < -0.3 is 19.3 Å². The van der Waals surface area contributed by atoms with Crippen molar-refractivity contribution in [3.63, 3.8) is 0 Å². The van der Waals surface area contributed by atoms with Gasteiger partial charge in [-0.3, -0.25) is 19.4 Å². The first-order valence-corrected chi connectivity index (χ1v) is 26.0. The molecule has 1 N–H and O–H groups in total. The molecule has 0 bridgehead atoms. The first-order chi connectivity index (χ1) is 28.4. The number of carbonyl (C=O) groups excluding carboxylic acids is 2. The highest BCUT2D eigenvalue weighted by atomic mass is 127. The third-order valence-corrected chi connectivity index (χ3v) is 11.8. The minimum atomic E-state index is -0.0241. The van der Waals surface area contributed by atoms with Crippen LogP contribution in [0, 0.1) is 0 Å². The lowest BCUT2D eigenvalue weighted by atomic mass is 10.0. The molecule has 10 heteroatoms. The van der Waals surface area contributed by atoms with E-state index >= 15 is 0 Å². The number of carbonyl (C=O) groups is 2. The van der Waals surface area contributed by atoms with Gasteiger partial charge in [0.1, 0.15) is 6.10 Å². The van der Waals surface area contributed by atoms with E-state index in [2.05, 4.69) is 46.8 Å². The van der Waals surface area contributed by atoms with Gasteiger partial charge >= 0.3 is 11.9 Å². The normalized spacial score (nSPS) is 12.3. The van der Waals surface area contributed by atoms with Crippen LogP contribution in [-0.2, 0) is 23.9 Å². The van der Waals surface area contributed by atoms with Crippen LogP contribution in [0.2, 0.25) is 0 Å². The molecule has 9 nitrogen and oxygen atoms in total. The fourth-order valence-electron chi connectivity index (χ4n) is 7.41. The van der Waals surface area contributed by atoms with Crippen molar-refractivity contribution in [1.82, 2.24) is 15.3 Å². The summed E-state index contributed by atoms with van der Waals surface area (Å²) in [5, 5.41) is 0. The topological polar surface area (TPSA) is 92.7 Å². The van der Waals surface area contributed by atoms with Gasteiger partial charge in [0.25, 0.3) is 0 Å². The maximum atomic E-state index is 12.9. The van der Waals surface area contributed by atoms with E-state index in [1.54, 1.807) is 7.11 Å². The van der Waals surface area contributed by atoms with Crippen LogP contribution in [0.3, 0.4) is 0 Å². The van der Waals surface area contributed by atoms with E-state index in [4.69, 9.17) is 19.3 Å². The Bertz CT molecular complexity index is 909. The van der Waals surface area contributed by atoms with Crippen LogP contribution in [0.25, 0.3) is 0 Å². The van der Waals surface area contributed by atoms with Crippen LogP contribution in [-0.4, -0.2) is 92.2 Å². The molecule has 0 aromatic carbocycles. The molecule has 0 amide bonds. The van der Waals surface area contributed by atoms with Gasteiger partial charge in [0.05, 0.1) is 13.7 Å². The number of hydrogen-bond acceptors (Lipinski definition) is 7. The molecule has 344 valence electrons. The Morgan fingerprint density at radius 2 is 1.02 bits per heavy atom. The third-order valence-electron chi connectivity index (χ3n) is 11.1. The van der Waals surface area contributed by atoms with Crippen molar-refractivity contribution < 1.29 is 23.9 Å². The molecular formula is C48H95IN4O5. The number of alkyl halides is 1. The Morgan fingerprint density at radius 1 is 0.569 bits per heavy atom. The average Bonchev–Trinajstić information content (AvgIpc) is 3.21. The number of aliphatic imine (C=N–C) groups is 1. The Labute approximate surface area is 373 Å². The molecule has 0 fully saturated rings. The molecule has 0 aromatic rings. The van der Waals surface area contributed by atoms with Gasteiger partial charge in [-0.25, -0.2) is 5.48 Å². The van der Waals surface area contributed by atoms with Gasteiger partial charge in [-0.1, -0.05) is 165 Å². The van der Waals surface area contributed by atoms with Crippen LogP contribution in [0.5, 0.6) is 0 Å². The van der Waals surface area contributed by atoms with E-state index in [9.17, 15) is 9.59 Å². The monoisotopic (exact) mass is 935 g/mol. The van der Waals surface area contributed by atoms with Crippen molar-refractivity contribution in [3.05, 3.63) is 0 Å². The van der Waals surface area contributed by atoms with Crippen LogP contribution in [0.1, 0.15) is 226 Å². The number of hydrogen-bond donors (Lipinski definition) is 1. The molecule has 0 spiro atoms. The van der Waals surface area contributed by atoms with Gasteiger partial charge in [-0.15, -0.1) is 0 Å². The maximum absolute atomic E-state index is 12.9. The lowest BCUT2D eigenvalue weighted by Crippen LogP contribution is -2.36. The number of ether oxygens (including phenoxy) is 2. The average molecular weight is 935 g/mol. The summed E-state index contributed by atoms with van der Waals surface area (Å²) in [5.41, 5.74) is 2.87. The number of guanidine groups is 1. The predicted octanol–water partition coefficient (Wildman–Crippen LogP) is 13.2. The molecule has 0 aliphatic heterocycles. The number of nitrogens with one attached hydrogen (secondary N) is 1. The van der Waals surface area contributed by atoms with Crippen LogP contribution >= 0.6 is 22.6 Å². The minimum absolute atomic E-state index is 0.0200. The number of unbranched alkanes of at least 4 members (excludes halogenated alkanes) is 23. The molecule has 1 atom stereocenters. The van der Waals surface area contributed by atoms with Gasteiger partial charge in [0, 0.05) is 33.5 Å². The van der Waals surface area contributed by atoms with E-state index in [-0.39, 0.29) is 18.0 Å². The first-order valence-electron chi connectivity index (χ1n) is 24.5. The van der Waals surface area contributed by atoms with Crippen LogP contribution in [0.15, 0.2) is 4.99 Å². The van der Waals surface area contributed by atoms with Crippen molar-refractivity contribution in [2.45, 2.75) is 232 Å². The first kappa shape index (κ1) is 56.9. The molecule has 0 saturated heterocycles. The molecule has 0 aliphatic carbocycles. The molecule has 0 aliphatic rings. The molecular weight excluding hydrogens is 839 g/mol. The number of esters is 2. The third kappa shape index (κ3) is 40.3. The molecule has 1 unspecified atom stereocenters. The van der Waals surface area contributed by atoms with Crippen molar-refractivity contribution in [2.24, 2.45) is 4.99 Å². The number of nitrogens with zero attached hydrogens (tertiary/aromatic N) is 3. The predicted molar refractivity (Wildman–Crippen MR) is 256 cm³/mol. The molecule has 0 heterocycles. The number of hydroxylamine groups is 1. The summed E-state index contributed by atoms with van der Waals surface area (Å²) < 4.78 is 12.8. The Morgan fingerprint density at radius 3 is 1.53 bits per heavy atom. The summed E-state index contributed by atoms with van der Waals surface area (Å²) in [6.45, 7) is 9.09. The van der Waals surface area contributed by atoms with Gasteiger partial charge in [0.2, 0.25) is 5.96 Å². The van der Waals surface area contributed by atoms with Crippen molar-refractivity contribution in [2.75, 3.05) is 58.4 Å². The van der Waals surface area contributed by atoms with Gasteiger partial charge in [-0.2, -0.15) is 0 Å². The quantitative estimate of drug-likeness (QED) is 0.0123. The molecule has 0 saturated carbocycles. The second-order valence-corrected chi connectivity index (χ2v) is 18.0. The summed E-state index contributed by atoms with van der Waals surface area (Å²) in [4.78, 5) is 39.3. The highest BCUT2D eigenvalue weighted by Crippen LogP contribution is 2.19.